The summed E-state index contributed by atoms with van der Waals surface area (Å²) in [6.45, 7) is 9.77. The second kappa shape index (κ2) is 8.63. The Hall–Kier alpha value is -2.99. The summed E-state index contributed by atoms with van der Waals surface area (Å²) in [6, 6.07) is 19.2. The Morgan fingerprint density at radius 3 is 2.48 bits per heavy atom. The summed E-state index contributed by atoms with van der Waals surface area (Å²) >= 11 is 0. The van der Waals surface area contributed by atoms with Gasteiger partial charge in [-0.25, -0.2) is 0 Å². The molecule has 2 heterocycles. The smallest absolute Gasteiger partial charge is 0.223 e. The molecule has 2 aromatic carbocycles. The first-order valence-electron chi connectivity index (χ1n) is 11.3. The van der Waals surface area contributed by atoms with Crippen molar-refractivity contribution in [3.63, 3.8) is 0 Å². The fraction of sp³-hybridized carbons (Fsp3) is 0.393. The molecule has 160 valence electrons. The number of amides is 1. The quantitative estimate of drug-likeness (QED) is 0.453. The number of fused-ring (bicyclic) bond motifs is 1. The standard InChI is InChI=1S/C28H32N2O/c1-5-6-18-30-23-16-11-10-15-22(23)26(21-13-8-7-9-14-21)27(30)24-17-12-19-29(24)25(31)20-28(2,3)4/h7-11,13-16,24H,12,17-20H2,1-4H3. The lowest BCUT2D eigenvalue weighted by Crippen LogP contribution is -2.34. The Balaban J connectivity index is 1.93. The second-order valence-corrected chi connectivity index (χ2v) is 9.64. The van der Waals surface area contributed by atoms with Crippen molar-refractivity contribution in [3.8, 4) is 23.0 Å². The third-order valence-electron chi connectivity index (χ3n) is 6.06. The fourth-order valence-corrected chi connectivity index (χ4v) is 4.81. The van der Waals surface area contributed by atoms with E-state index in [1.165, 1.54) is 27.7 Å². The Kier molecular flexibility index (Phi) is 5.92. The highest BCUT2D eigenvalue weighted by atomic mass is 16.2. The maximum Gasteiger partial charge on any atom is 0.223 e. The van der Waals surface area contributed by atoms with Gasteiger partial charge in [0.25, 0.3) is 0 Å². The second-order valence-electron chi connectivity index (χ2n) is 9.64. The number of para-hydroxylation sites is 1. The molecule has 0 spiro atoms. The molecule has 1 amide bonds. The van der Waals surface area contributed by atoms with Crippen LogP contribution in [0.5, 0.6) is 0 Å². The number of benzene rings is 2. The fourth-order valence-electron chi connectivity index (χ4n) is 4.81. The summed E-state index contributed by atoms with van der Waals surface area (Å²) in [6.07, 6.45) is 2.60. The summed E-state index contributed by atoms with van der Waals surface area (Å²) in [5.41, 5.74) is 4.85. The van der Waals surface area contributed by atoms with Gasteiger partial charge < -0.3 is 9.47 Å². The average Bonchev–Trinajstić information content (AvgIpc) is 3.34. The minimum absolute atomic E-state index is 0.0210. The van der Waals surface area contributed by atoms with Crippen LogP contribution >= 0.6 is 0 Å². The lowest BCUT2D eigenvalue weighted by atomic mass is 9.91. The lowest BCUT2D eigenvalue weighted by molar-refractivity contribution is -0.134. The molecule has 0 aliphatic carbocycles. The predicted octanol–water partition coefficient (Wildman–Crippen LogP) is 6.43. The van der Waals surface area contributed by atoms with E-state index in [9.17, 15) is 4.79 Å². The number of hydrogen-bond donors (Lipinski definition) is 0. The Morgan fingerprint density at radius 2 is 1.77 bits per heavy atom. The highest BCUT2D eigenvalue weighted by molar-refractivity contribution is 5.98. The van der Waals surface area contributed by atoms with E-state index < -0.39 is 0 Å². The molecule has 1 unspecified atom stereocenters. The van der Waals surface area contributed by atoms with Gasteiger partial charge in [-0.2, -0.15) is 0 Å². The van der Waals surface area contributed by atoms with Gasteiger partial charge in [-0.3, -0.25) is 4.79 Å². The van der Waals surface area contributed by atoms with Crippen LogP contribution in [0, 0.1) is 17.3 Å². The third kappa shape index (κ3) is 4.26. The molecule has 4 rings (SSSR count). The maximum atomic E-state index is 13.3. The molecule has 0 N–H and O–H groups in total. The first kappa shape index (κ1) is 21.2. The Labute approximate surface area is 186 Å². The summed E-state index contributed by atoms with van der Waals surface area (Å²) in [7, 11) is 0. The van der Waals surface area contributed by atoms with E-state index >= 15 is 0 Å². The molecule has 1 aromatic heterocycles. The topological polar surface area (TPSA) is 25.2 Å². The van der Waals surface area contributed by atoms with Gasteiger partial charge in [0.1, 0.15) is 0 Å². The third-order valence-corrected chi connectivity index (χ3v) is 6.06. The van der Waals surface area contributed by atoms with Crippen LogP contribution < -0.4 is 0 Å². The first-order valence-corrected chi connectivity index (χ1v) is 11.3. The van der Waals surface area contributed by atoms with Crippen LogP contribution in [-0.4, -0.2) is 21.9 Å². The van der Waals surface area contributed by atoms with Gasteiger partial charge in [0, 0.05) is 29.4 Å². The van der Waals surface area contributed by atoms with Crippen molar-refractivity contribution in [1.29, 1.82) is 0 Å². The van der Waals surface area contributed by atoms with E-state index in [0.29, 0.717) is 13.0 Å². The molecule has 3 heteroatoms. The van der Waals surface area contributed by atoms with Gasteiger partial charge in [-0.1, -0.05) is 75.2 Å². The first-order chi connectivity index (χ1) is 14.9. The van der Waals surface area contributed by atoms with Gasteiger partial charge in [-0.05, 0) is 36.8 Å². The normalized spacial score (nSPS) is 16.4. The molecule has 31 heavy (non-hydrogen) atoms. The van der Waals surface area contributed by atoms with E-state index in [1.54, 1.807) is 0 Å². The van der Waals surface area contributed by atoms with Gasteiger partial charge in [-0.15, -0.1) is 5.92 Å². The van der Waals surface area contributed by atoms with Gasteiger partial charge >= 0.3 is 0 Å². The molecule has 1 aliphatic rings. The summed E-state index contributed by atoms with van der Waals surface area (Å²) in [5.74, 6) is 6.60. The summed E-state index contributed by atoms with van der Waals surface area (Å²) in [5, 5.41) is 1.23. The van der Waals surface area contributed by atoms with Crippen molar-refractivity contribution in [2.75, 3.05) is 6.54 Å². The molecule has 0 bridgehead atoms. The number of carbonyl (C=O) groups excluding carboxylic acids is 1. The molecule has 1 fully saturated rings. The highest BCUT2D eigenvalue weighted by Crippen LogP contribution is 2.44. The van der Waals surface area contributed by atoms with E-state index in [2.05, 4.69) is 96.7 Å². The maximum absolute atomic E-state index is 13.3. The van der Waals surface area contributed by atoms with Crippen molar-refractivity contribution in [1.82, 2.24) is 9.47 Å². The zero-order valence-electron chi connectivity index (χ0n) is 19.1. The average molecular weight is 413 g/mol. The molecule has 3 nitrogen and oxygen atoms in total. The molecule has 0 radical (unpaired) electrons. The van der Waals surface area contributed by atoms with E-state index in [4.69, 9.17) is 0 Å². The minimum Gasteiger partial charge on any atom is -0.334 e. The van der Waals surface area contributed by atoms with Crippen LogP contribution in [-0.2, 0) is 11.3 Å². The van der Waals surface area contributed by atoms with Crippen LogP contribution in [0.3, 0.4) is 0 Å². The zero-order chi connectivity index (χ0) is 22.0. The monoisotopic (exact) mass is 412 g/mol. The highest BCUT2D eigenvalue weighted by Gasteiger charge is 2.36. The Morgan fingerprint density at radius 1 is 1.06 bits per heavy atom. The lowest BCUT2D eigenvalue weighted by Gasteiger charge is -2.30. The number of likely N-dealkylation sites (tertiary alicyclic amines) is 1. The van der Waals surface area contributed by atoms with Gasteiger partial charge in [0.05, 0.1) is 18.3 Å². The zero-order valence-corrected chi connectivity index (χ0v) is 19.1. The minimum atomic E-state index is -0.0210. The number of hydrogen-bond acceptors (Lipinski definition) is 1. The number of carbonyl (C=O) groups is 1. The summed E-state index contributed by atoms with van der Waals surface area (Å²) in [4.78, 5) is 15.4. The van der Waals surface area contributed by atoms with Crippen LogP contribution in [0.25, 0.3) is 22.0 Å². The largest absolute Gasteiger partial charge is 0.334 e. The Bertz CT molecular complexity index is 1140. The van der Waals surface area contributed by atoms with Crippen molar-refractivity contribution in [2.24, 2.45) is 5.41 Å². The number of aromatic nitrogens is 1. The molecular formula is C28H32N2O. The van der Waals surface area contributed by atoms with E-state index in [0.717, 1.165) is 19.4 Å². The van der Waals surface area contributed by atoms with Crippen molar-refractivity contribution >= 4 is 16.8 Å². The van der Waals surface area contributed by atoms with E-state index in [1.807, 2.05) is 6.92 Å². The van der Waals surface area contributed by atoms with Gasteiger partial charge in [0.2, 0.25) is 5.91 Å². The molecular weight excluding hydrogens is 380 g/mol. The van der Waals surface area contributed by atoms with Crippen LogP contribution in [0.4, 0.5) is 0 Å². The van der Waals surface area contributed by atoms with Crippen molar-refractivity contribution in [3.05, 3.63) is 60.3 Å². The van der Waals surface area contributed by atoms with Crippen LogP contribution in [0.1, 0.15) is 58.7 Å². The van der Waals surface area contributed by atoms with E-state index in [-0.39, 0.29) is 17.4 Å². The molecule has 1 aliphatic heterocycles. The number of nitrogens with zero attached hydrogens (tertiary/aromatic N) is 2. The SMILES string of the molecule is CC#CCn1c(C2CCCN2C(=O)CC(C)(C)C)c(-c2ccccc2)c2ccccc21. The van der Waals surface area contributed by atoms with Gasteiger partial charge in [0.15, 0.2) is 0 Å². The molecule has 0 saturated carbocycles. The number of rotatable bonds is 4. The van der Waals surface area contributed by atoms with Crippen LogP contribution in [0.2, 0.25) is 0 Å². The summed E-state index contributed by atoms with van der Waals surface area (Å²) < 4.78 is 2.35. The molecule has 3 aromatic rings. The predicted molar refractivity (Wildman–Crippen MR) is 129 cm³/mol. The van der Waals surface area contributed by atoms with Crippen molar-refractivity contribution < 1.29 is 4.79 Å². The van der Waals surface area contributed by atoms with Crippen LogP contribution in [0.15, 0.2) is 54.6 Å². The molecule has 1 saturated heterocycles. The van der Waals surface area contributed by atoms with Crippen molar-refractivity contribution in [2.45, 2.75) is 59.5 Å². The molecule has 1 atom stereocenters.